The smallest absolute Gasteiger partial charge is 0.314 e. The van der Waals surface area contributed by atoms with Gasteiger partial charge in [0.1, 0.15) is 12.5 Å². The monoisotopic (exact) mass is 280 g/mol. The van der Waals surface area contributed by atoms with E-state index >= 15 is 0 Å². The van der Waals surface area contributed by atoms with Crippen LogP contribution in [0.4, 0.5) is 0 Å². The third kappa shape index (κ3) is 5.62. The first kappa shape index (κ1) is 15.8. The van der Waals surface area contributed by atoms with Gasteiger partial charge >= 0.3 is 11.9 Å². The lowest BCUT2D eigenvalue weighted by Gasteiger charge is -2.10. The van der Waals surface area contributed by atoms with Gasteiger partial charge in [-0.05, 0) is 12.0 Å². The molecule has 0 amide bonds. The first-order valence-corrected chi connectivity index (χ1v) is 6.09. The third-order valence-electron chi connectivity index (χ3n) is 2.69. The molecular weight excluding hydrogens is 264 g/mol. The molecule has 6 nitrogen and oxygen atoms in total. The number of Topliss-reactive ketones (excluding diaryl/α,β-unsaturated/α-hetero) is 1. The summed E-state index contributed by atoms with van der Waals surface area (Å²) in [5.41, 5.74) is 0.873. The first-order chi connectivity index (χ1) is 9.50. The highest BCUT2D eigenvalue weighted by Gasteiger charge is 2.26. The third-order valence-corrected chi connectivity index (χ3v) is 2.69. The molecule has 1 rings (SSSR count). The summed E-state index contributed by atoms with van der Waals surface area (Å²) in [7, 11) is 0. The molecule has 20 heavy (non-hydrogen) atoms. The van der Waals surface area contributed by atoms with Crippen LogP contribution in [0.15, 0.2) is 30.3 Å². The standard InChI is InChI=1S/C14H16O6/c15-12(11(14(18)19)6-7-13(16)17)9-20-8-10-4-2-1-3-5-10/h1-5,11H,6-9H2,(H,16,17)(H,18,19). The summed E-state index contributed by atoms with van der Waals surface area (Å²) in [5, 5.41) is 17.4. The van der Waals surface area contributed by atoms with Gasteiger partial charge in [0.05, 0.1) is 6.61 Å². The Balaban J connectivity index is 2.42. The van der Waals surface area contributed by atoms with E-state index in [1.165, 1.54) is 0 Å². The van der Waals surface area contributed by atoms with Crippen LogP contribution in [0.5, 0.6) is 0 Å². The Morgan fingerprint density at radius 2 is 1.75 bits per heavy atom. The Morgan fingerprint density at radius 1 is 1.10 bits per heavy atom. The lowest BCUT2D eigenvalue weighted by Crippen LogP contribution is -2.28. The number of rotatable bonds is 9. The SMILES string of the molecule is O=C(O)CCC(C(=O)O)C(=O)COCc1ccccc1. The molecule has 0 aliphatic carbocycles. The lowest BCUT2D eigenvalue weighted by atomic mass is 9.99. The van der Waals surface area contributed by atoms with Crippen molar-refractivity contribution in [1.29, 1.82) is 0 Å². The topological polar surface area (TPSA) is 101 Å². The number of aliphatic carboxylic acids is 2. The van der Waals surface area contributed by atoms with Crippen LogP contribution in [-0.4, -0.2) is 34.5 Å². The number of hydrogen-bond donors (Lipinski definition) is 2. The maximum absolute atomic E-state index is 11.7. The van der Waals surface area contributed by atoms with Crippen LogP contribution < -0.4 is 0 Å². The van der Waals surface area contributed by atoms with Crippen molar-refractivity contribution in [2.75, 3.05) is 6.61 Å². The molecule has 6 heteroatoms. The van der Waals surface area contributed by atoms with Gasteiger partial charge in [-0.1, -0.05) is 30.3 Å². The Kier molecular flexibility index (Phi) is 6.39. The zero-order chi connectivity index (χ0) is 15.0. The van der Waals surface area contributed by atoms with E-state index in [1.54, 1.807) is 0 Å². The fourth-order valence-corrected chi connectivity index (χ4v) is 1.63. The minimum absolute atomic E-state index is 0.206. The molecule has 108 valence electrons. The molecule has 0 heterocycles. The minimum Gasteiger partial charge on any atom is -0.481 e. The highest BCUT2D eigenvalue weighted by atomic mass is 16.5. The number of benzene rings is 1. The van der Waals surface area contributed by atoms with Gasteiger partial charge in [0.15, 0.2) is 5.78 Å². The number of carboxylic acids is 2. The molecule has 0 aromatic heterocycles. The second kappa shape index (κ2) is 8.06. The molecule has 0 fully saturated rings. The van der Waals surface area contributed by atoms with Gasteiger partial charge in [-0.2, -0.15) is 0 Å². The molecule has 0 saturated heterocycles. The van der Waals surface area contributed by atoms with Crippen molar-refractivity contribution in [3.63, 3.8) is 0 Å². The van der Waals surface area contributed by atoms with Crippen LogP contribution >= 0.6 is 0 Å². The summed E-state index contributed by atoms with van der Waals surface area (Å²) in [5.74, 6) is -4.40. The maximum Gasteiger partial charge on any atom is 0.314 e. The average Bonchev–Trinajstić information content (AvgIpc) is 2.39. The lowest BCUT2D eigenvalue weighted by molar-refractivity contribution is -0.148. The van der Waals surface area contributed by atoms with E-state index in [0.717, 1.165) is 5.56 Å². The van der Waals surface area contributed by atoms with Crippen molar-refractivity contribution < 1.29 is 29.3 Å². The number of carbonyl (C=O) groups excluding carboxylic acids is 1. The number of carboxylic acid groups (broad SMARTS) is 2. The van der Waals surface area contributed by atoms with E-state index in [9.17, 15) is 14.4 Å². The Hall–Kier alpha value is -2.21. The van der Waals surface area contributed by atoms with Crippen LogP contribution in [0.3, 0.4) is 0 Å². The highest BCUT2D eigenvalue weighted by Crippen LogP contribution is 2.10. The fraction of sp³-hybridized carbons (Fsp3) is 0.357. The summed E-state index contributed by atoms with van der Waals surface area (Å²) in [4.78, 5) is 33.0. The van der Waals surface area contributed by atoms with Crippen molar-refractivity contribution in [1.82, 2.24) is 0 Å². The van der Waals surface area contributed by atoms with E-state index in [4.69, 9.17) is 14.9 Å². The van der Waals surface area contributed by atoms with Gasteiger partial charge in [-0.15, -0.1) is 0 Å². The van der Waals surface area contributed by atoms with Gasteiger partial charge < -0.3 is 14.9 Å². The summed E-state index contributed by atoms with van der Waals surface area (Å²) < 4.78 is 5.16. The predicted molar refractivity (Wildman–Crippen MR) is 69.1 cm³/mol. The Labute approximate surface area is 116 Å². The van der Waals surface area contributed by atoms with Crippen LogP contribution in [0.1, 0.15) is 18.4 Å². The summed E-state index contributed by atoms with van der Waals surface area (Å²) in [6.07, 6.45) is -0.584. The number of carbonyl (C=O) groups is 3. The quantitative estimate of drug-likeness (QED) is 0.662. The van der Waals surface area contributed by atoms with Crippen molar-refractivity contribution in [2.45, 2.75) is 19.4 Å². The number of hydrogen-bond acceptors (Lipinski definition) is 4. The van der Waals surface area contributed by atoms with E-state index in [1.807, 2.05) is 30.3 Å². The number of ether oxygens (including phenoxy) is 1. The Bertz CT molecular complexity index is 468. The van der Waals surface area contributed by atoms with E-state index in [0.29, 0.717) is 0 Å². The zero-order valence-electron chi connectivity index (χ0n) is 10.8. The normalized spacial score (nSPS) is 11.8. The van der Waals surface area contributed by atoms with Gasteiger partial charge in [0.2, 0.25) is 0 Å². The van der Waals surface area contributed by atoms with E-state index < -0.39 is 23.6 Å². The van der Waals surface area contributed by atoms with Crippen molar-refractivity contribution in [3.05, 3.63) is 35.9 Å². The van der Waals surface area contributed by atoms with Crippen LogP contribution in [0.2, 0.25) is 0 Å². The summed E-state index contributed by atoms with van der Waals surface area (Å²) >= 11 is 0. The van der Waals surface area contributed by atoms with Crippen molar-refractivity contribution >= 4 is 17.7 Å². The first-order valence-electron chi connectivity index (χ1n) is 6.09. The molecule has 0 aliphatic rings. The molecule has 0 bridgehead atoms. The van der Waals surface area contributed by atoms with Crippen LogP contribution in [0.25, 0.3) is 0 Å². The Morgan fingerprint density at radius 3 is 2.30 bits per heavy atom. The minimum atomic E-state index is -1.33. The molecule has 2 N–H and O–H groups in total. The predicted octanol–water partition coefficient (Wildman–Crippen LogP) is 1.34. The molecule has 0 saturated carbocycles. The van der Waals surface area contributed by atoms with E-state index in [2.05, 4.69) is 0 Å². The maximum atomic E-state index is 11.7. The molecule has 0 aliphatic heterocycles. The second-order valence-electron chi connectivity index (χ2n) is 4.27. The second-order valence-corrected chi connectivity index (χ2v) is 4.27. The molecule has 1 aromatic rings. The largest absolute Gasteiger partial charge is 0.481 e. The molecule has 0 spiro atoms. The van der Waals surface area contributed by atoms with Gasteiger partial charge in [0, 0.05) is 6.42 Å². The zero-order valence-corrected chi connectivity index (χ0v) is 10.8. The van der Waals surface area contributed by atoms with Gasteiger partial charge in [-0.3, -0.25) is 14.4 Å². The van der Waals surface area contributed by atoms with Gasteiger partial charge in [0.25, 0.3) is 0 Å². The average molecular weight is 280 g/mol. The summed E-state index contributed by atoms with van der Waals surface area (Å²) in [6, 6.07) is 9.15. The molecule has 1 atom stereocenters. The fourth-order valence-electron chi connectivity index (χ4n) is 1.63. The number of ketones is 1. The van der Waals surface area contributed by atoms with Crippen LogP contribution in [-0.2, 0) is 25.7 Å². The van der Waals surface area contributed by atoms with Crippen molar-refractivity contribution in [2.24, 2.45) is 5.92 Å². The molecule has 0 radical (unpaired) electrons. The highest BCUT2D eigenvalue weighted by molar-refractivity contribution is 5.99. The molecular formula is C14H16O6. The molecule has 1 unspecified atom stereocenters. The summed E-state index contributed by atoms with van der Waals surface area (Å²) in [6.45, 7) is -0.136. The van der Waals surface area contributed by atoms with E-state index in [-0.39, 0.29) is 26.1 Å². The van der Waals surface area contributed by atoms with Crippen molar-refractivity contribution in [3.8, 4) is 0 Å². The van der Waals surface area contributed by atoms with Gasteiger partial charge in [-0.25, -0.2) is 0 Å². The molecule has 1 aromatic carbocycles. The van der Waals surface area contributed by atoms with Crippen LogP contribution in [0, 0.1) is 5.92 Å².